The van der Waals surface area contributed by atoms with Gasteiger partial charge in [-0.05, 0) is 30.9 Å². The SMILES string of the molecule is NC(=O)CCCCCc1c[nH]c2ccccc12. The van der Waals surface area contributed by atoms with Crippen molar-refractivity contribution in [3.63, 3.8) is 0 Å². The Bertz CT molecular complexity index is 502. The highest BCUT2D eigenvalue weighted by molar-refractivity contribution is 5.83. The Morgan fingerprint density at radius 2 is 2.00 bits per heavy atom. The molecular weight excluding hydrogens is 212 g/mol. The minimum absolute atomic E-state index is 0.197. The number of rotatable bonds is 6. The van der Waals surface area contributed by atoms with E-state index in [4.69, 9.17) is 5.73 Å². The van der Waals surface area contributed by atoms with Crippen molar-refractivity contribution in [3.8, 4) is 0 Å². The molecule has 0 unspecified atom stereocenters. The zero-order valence-electron chi connectivity index (χ0n) is 9.91. The molecule has 0 aliphatic carbocycles. The number of aryl methyl sites for hydroxylation is 1. The molecule has 2 aromatic rings. The van der Waals surface area contributed by atoms with Crippen LogP contribution in [0.15, 0.2) is 30.5 Å². The van der Waals surface area contributed by atoms with Crippen molar-refractivity contribution >= 4 is 16.8 Å². The third-order valence-corrected chi connectivity index (χ3v) is 3.04. The van der Waals surface area contributed by atoms with E-state index in [2.05, 4.69) is 29.4 Å². The number of benzene rings is 1. The van der Waals surface area contributed by atoms with Gasteiger partial charge in [-0.15, -0.1) is 0 Å². The van der Waals surface area contributed by atoms with Gasteiger partial charge in [-0.3, -0.25) is 4.79 Å². The number of carbonyl (C=O) groups excluding carboxylic acids is 1. The normalized spacial score (nSPS) is 10.8. The average molecular weight is 230 g/mol. The van der Waals surface area contributed by atoms with E-state index in [9.17, 15) is 4.79 Å². The molecule has 3 heteroatoms. The predicted octanol–water partition coefficient (Wildman–Crippen LogP) is 2.76. The topological polar surface area (TPSA) is 58.9 Å². The van der Waals surface area contributed by atoms with Crippen molar-refractivity contribution < 1.29 is 4.79 Å². The molecule has 0 atom stereocenters. The summed E-state index contributed by atoms with van der Waals surface area (Å²) in [5.74, 6) is -0.197. The van der Waals surface area contributed by atoms with Crippen LogP contribution in [0.3, 0.4) is 0 Å². The number of unbranched alkanes of at least 4 members (excludes halogenated alkanes) is 2. The number of aromatic nitrogens is 1. The van der Waals surface area contributed by atoms with Crippen molar-refractivity contribution in [2.75, 3.05) is 0 Å². The Kier molecular flexibility index (Phi) is 3.81. The molecule has 1 aromatic heterocycles. The molecule has 0 saturated heterocycles. The lowest BCUT2D eigenvalue weighted by Crippen LogP contribution is -2.09. The summed E-state index contributed by atoms with van der Waals surface area (Å²) in [6.45, 7) is 0. The number of aromatic amines is 1. The third-order valence-electron chi connectivity index (χ3n) is 3.04. The summed E-state index contributed by atoms with van der Waals surface area (Å²) in [5, 5.41) is 1.31. The summed E-state index contributed by atoms with van der Waals surface area (Å²) < 4.78 is 0. The largest absolute Gasteiger partial charge is 0.370 e. The van der Waals surface area contributed by atoms with Gasteiger partial charge in [0.1, 0.15) is 0 Å². The third kappa shape index (κ3) is 3.09. The lowest BCUT2D eigenvalue weighted by Gasteiger charge is -1.99. The van der Waals surface area contributed by atoms with E-state index < -0.39 is 0 Å². The first-order valence-corrected chi connectivity index (χ1v) is 6.10. The maximum atomic E-state index is 10.6. The Labute approximate surface area is 101 Å². The maximum absolute atomic E-state index is 10.6. The Balaban J connectivity index is 1.85. The van der Waals surface area contributed by atoms with Crippen LogP contribution in [-0.4, -0.2) is 10.9 Å². The summed E-state index contributed by atoms with van der Waals surface area (Å²) in [4.78, 5) is 13.9. The minimum atomic E-state index is -0.197. The molecule has 1 aromatic carbocycles. The van der Waals surface area contributed by atoms with E-state index >= 15 is 0 Å². The smallest absolute Gasteiger partial charge is 0.217 e. The molecule has 1 heterocycles. The van der Waals surface area contributed by atoms with Gasteiger partial charge in [-0.2, -0.15) is 0 Å². The number of H-pyrrole nitrogens is 1. The molecule has 0 bridgehead atoms. The lowest BCUT2D eigenvalue weighted by atomic mass is 10.1. The molecule has 0 spiro atoms. The first kappa shape index (κ1) is 11.7. The second-order valence-electron chi connectivity index (χ2n) is 4.39. The fourth-order valence-electron chi connectivity index (χ4n) is 2.13. The number of carbonyl (C=O) groups is 1. The zero-order valence-corrected chi connectivity index (χ0v) is 9.91. The van der Waals surface area contributed by atoms with Gasteiger partial charge >= 0.3 is 0 Å². The molecule has 0 aliphatic rings. The second-order valence-corrected chi connectivity index (χ2v) is 4.39. The summed E-state index contributed by atoms with van der Waals surface area (Å²) in [6, 6.07) is 8.33. The fourth-order valence-corrected chi connectivity index (χ4v) is 2.13. The Hall–Kier alpha value is -1.77. The number of amides is 1. The number of hydrogen-bond acceptors (Lipinski definition) is 1. The highest BCUT2D eigenvalue weighted by Crippen LogP contribution is 2.19. The first-order valence-electron chi connectivity index (χ1n) is 6.10. The monoisotopic (exact) mass is 230 g/mol. The van der Waals surface area contributed by atoms with Crippen LogP contribution in [0.1, 0.15) is 31.2 Å². The molecule has 2 rings (SSSR count). The van der Waals surface area contributed by atoms with Gasteiger partial charge in [0.2, 0.25) is 5.91 Å². The Morgan fingerprint density at radius 1 is 1.18 bits per heavy atom. The van der Waals surface area contributed by atoms with Crippen LogP contribution < -0.4 is 5.73 Å². The number of fused-ring (bicyclic) bond motifs is 1. The summed E-state index contributed by atoms with van der Waals surface area (Å²) in [5.41, 5.74) is 7.65. The highest BCUT2D eigenvalue weighted by Gasteiger charge is 2.02. The zero-order chi connectivity index (χ0) is 12.1. The summed E-state index contributed by atoms with van der Waals surface area (Å²) in [7, 11) is 0. The first-order chi connectivity index (χ1) is 8.27. The summed E-state index contributed by atoms with van der Waals surface area (Å²) >= 11 is 0. The van der Waals surface area contributed by atoms with Gasteiger partial charge < -0.3 is 10.7 Å². The standard InChI is InChI=1S/C14H18N2O/c15-14(17)9-3-1-2-6-11-10-16-13-8-5-4-7-12(11)13/h4-5,7-8,10,16H,1-3,6,9H2,(H2,15,17). The van der Waals surface area contributed by atoms with Crippen molar-refractivity contribution in [2.24, 2.45) is 5.73 Å². The average Bonchev–Trinajstić information content (AvgIpc) is 2.72. The number of primary amides is 1. The quantitative estimate of drug-likeness (QED) is 0.736. The lowest BCUT2D eigenvalue weighted by molar-refractivity contribution is -0.118. The minimum Gasteiger partial charge on any atom is -0.370 e. The molecule has 0 radical (unpaired) electrons. The van der Waals surface area contributed by atoms with E-state index in [-0.39, 0.29) is 5.91 Å². The van der Waals surface area contributed by atoms with Gasteiger partial charge in [0.05, 0.1) is 0 Å². The van der Waals surface area contributed by atoms with Crippen LogP contribution in [-0.2, 0) is 11.2 Å². The van der Waals surface area contributed by atoms with Crippen molar-refractivity contribution in [3.05, 3.63) is 36.0 Å². The van der Waals surface area contributed by atoms with E-state index in [1.165, 1.54) is 16.5 Å². The molecule has 1 amide bonds. The molecule has 0 saturated carbocycles. The molecule has 3 nitrogen and oxygen atoms in total. The van der Waals surface area contributed by atoms with Crippen LogP contribution in [0, 0.1) is 0 Å². The predicted molar refractivity (Wildman–Crippen MR) is 69.7 cm³/mol. The molecule has 0 fully saturated rings. The molecular formula is C14H18N2O. The van der Waals surface area contributed by atoms with E-state index in [0.717, 1.165) is 25.7 Å². The van der Waals surface area contributed by atoms with Crippen LogP contribution in [0.2, 0.25) is 0 Å². The number of nitrogens with one attached hydrogen (secondary N) is 1. The maximum Gasteiger partial charge on any atom is 0.217 e. The summed E-state index contributed by atoms with van der Waals surface area (Å²) in [6.07, 6.45) is 6.71. The second kappa shape index (κ2) is 5.53. The van der Waals surface area contributed by atoms with Crippen molar-refractivity contribution in [2.45, 2.75) is 32.1 Å². The van der Waals surface area contributed by atoms with Crippen LogP contribution >= 0.6 is 0 Å². The molecule has 90 valence electrons. The number of para-hydroxylation sites is 1. The van der Waals surface area contributed by atoms with Crippen molar-refractivity contribution in [1.29, 1.82) is 0 Å². The highest BCUT2D eigenvalue weighted by atomic mass is 16.1. The number of nitrogens with two attached hydrogens (primary N) is 1. The van der Waals surface area contributed by atoms with E-state index in [1.54, 1.807) is 0 Å². The van der Waals surface area contributed by atoms with E-state index in [0.29, 0.717) is 6.42 Å². The number of hydrogen-bond donors (Lipinski definition) is 2. The van der Waals surface area contributed by atoms with Gasteiger partial charge in [-0.1, -0.05) is 24.6 Å². The van der Waals surface area contributed by atoms with Gasteiger partial charge in [0, 0.05) is 23.5 Å². The van der Waals surface area contributed by atoms with Gasteiger partial charge in [0.25, 0.3) is 0 Å². The molecule has 3 N–H and O–H groups in total. The van der Waals surface area contributed by atoms with Gasteiger partial charge in [0.15, 0.2) is 0 Å². The fraction of sp³-hybridized carbons (Fsp3) is 0.357. The van der Waals surface area contributed by atoms with Crippen LogP contribution in [0.4, 0.5) is 0 Å². The Morgan fingerprint density at radius 3 is 2.82 bits per heavy atom. The van der Waals surface area contributed by atoms with Crippen molar-refractivity contribution in [1.82, 2.24) is 4.98 Å². The van der Waals surface area contributed by atoms with E-state index in [1.807, 2.05) is 6.07 Å². The molecule has 17 heavy (non-hydrogen) atoms. The van der Waals surface area contributed by atoms with Crippen LogP contribution in [0.25, 0.3) is 10.9 Å². The molecule has 0 aliphatic heterocycles. The van der Waals surface area contributed by atoms with Gasteiger partial charge in [-0.25, -0.2) is 0 Å². The van der Waals surface area contributed by atoms with Crippen LogP contribution in [0.5, 0.6) is 0 Å².